The number of hydrogen-bond donors (Lipinski definition) is 1. The van der Waals surface area contributed by atoms with Gasteiger partial charge in [0, 0.05) is 18.2 Å². The average molecular weight is 82.1 g/mol. The van der Waals surface area contributed by atoms with Gasteiger partial charge in [-0.15, -0.1) is 0 Å². The molecule has 1 fully saturated rings. The van der Waals surface area contributed by atoms with Crippen molar-refractivity contribution in [1.29, 1.82) is 0 Å². The Labute approximate surface area is 36.2 Å². The lowest BCUT2D eigenvalue weighted by Crippen LogP contribution is -2.02. The van der Waals surface area contributed by atoms with E-state index in [0.29, 0.717) is 0 Å². The molecule has 1 aliphatic carbocycles. The Morgan fingerprint density at radius 1 is 1.83 bits per heavy atom. The van der Waals surface area contributed by atoms with E-state index < -0.39 is 0 Å². The highest BCUT2D eigenvalue weighted by molar-refractivity contribution is 6.02. The predicted molar refractivity (Wildman–Crippen MR) is 23.5 cm³/mol. The molecule has 0 aromatic carbocycles. The second-order valence-electron chi connectivity index (χ2n) is 1.87. The standard InChI is InChI=1S/C4H6N2/c1-3-2-5-6-4(1)3/h3,5H,1-2H2. The molecule has 0 bridgehead atoms. The predicted octanol–water partition coefficient (Wildman–Crippen LogP) is -0.0345. The molecule has 0 aromatic rings. The van der Waals surface area contributed by atoms with E-state index >= 15 is 0 Å². The molecule has 2 rings (SSSR count). The Balaban J connectivity index is 2.35. The number of nitrogens with zero attached hydrogens (tertiary/aromatic N) is 1. The molecule has 1 N–H and O–H groups in total. The van der Waals surface area contributed by atoms with Gasteiger partial charge < -0.3 is 5.43 Å². The van der Waals surface area contributed by atoms with Gasteiger partial charge in [0.2, 0.25) is 0 Å². The van der Waals surface area contributed by atoms with E-state index in [4.69, 9.17) is 0 Å². The molecule has 1 unspecified atom stereocenters. The van der Waals surface area contributed by atoms with E-state index in [0.717, 1.165) is 12.5 Å². The highest BCUT2D eigenvalue weighted by Crippen LogP contribution is 2.27. The minimum Gasteiger partial charge on any atom is -0.309 e. The summed E-state index contributed by atoms with van der Waals surface area (Å²) in [5.41, 5.74) is 4.29. The SMILES string of the molecule is C1NN=C2CC12. The Bertz CT molecular complexity index is 106. The van der Waals surface area contributed by atoms with Crippen molar-refractivity contribution in [2.45, 2.75) is 6.42 Å². The molecule has 1 atom stereocenters. The van der Waals surface area contributed by atoms with E-state index in [2.05, 4.69) is 10.5 Å². The molecule has 1 heterocycles. The minimum atomic E-state index is 0.852. The Kier molecular flexibility index (Phi) is 0.261. The molecule has 32 valence electrons. The van der Waals surface area contributed by atoms with Gasteiger partial charge in [-0.2, -0.15) is 5.10 Å². The summed E-state index contributed by atoms with van der Waals surface area (Å²) < 4.78 is 0. The van der Waals surface area contributed by atoms with E-state index in [1.165, 1.54) is 12.1 Å². The lowest BCUT2D eigenvalue weighted by atomic mass is 10.4. The van der Waals surface area contributed by atoms with Gasteiger partial charge >= 0.3 is 0 Å². The van der Waals surface area contributed by atoms with Crippen LogP contribution >= 0.6 is 0 Å². The first-order valence-electron chi connectivity index (χ1n) is 2.26. The number of nitrogens with one attached hydrogen (secondary N) is 1. The third kappa shape index (κ3) is 0.161. The van der Waals surface area contributed by atoms with Crippen molar-refractivity contribution in [3.63, 3.8) is 0 Å². The number of rotatable bonds is 0. The molecule has 0 amide bonds. The molecule has 2 aliphatic rings. The zero-order valence-electron chi connectivity index (χ0n) is 3.44. The molecule has 0 spiro atoms. The summed E-state index contributed by atoms with van der Waals surface area (Å²) >= 11 is 0. The van der Waals surface area contributed by atoms with Crippen molar-refractivity contribution in [3.05, 3.63) is 0 Å². The maximum atomic E-state index is 3.98. The fourth-order valence-electron chi connectivity index (χ4n) is 0.778. The van der Waals surface area contributed by atoms with Crippen molar-refractivity contribution >= 4 is 5.71 Å². The van der Waals surface area contributed by atoms with Crippen LogP contribution in [0.3, 0.4) is 0 Å². The van der Waals surface area contributed by atoms with E-state index in [1.807, 2.05) is 0 Å². The third-order valence-corrected chi connectivity index (χ3v) is 1.33. The first-order valence-corrected chi connectivity index (χ1v) is 2.26. The molecule has 0 saturated heterocycles. The van der Waals surface area contributed by atoms with Gasteiger partial charge in [0.25, 0.3) is 0 Å². The van der Waals surface area contributed by atoms with Gasteiger partial charge in [-0.3, -0.25) is 0 Å². The van der Waals surface area contributed by atoms with Gasteiger partial charge in [0.15, 0.2) is 0 Å². The zero-order valence-corrected chi connectivity index (χ0v) is 3.44. The highest BCUT2D eigenvalue weighted by Gasteiger charge is 2.35. The summed E-state index contributed by atoms with van der Waals surface area (Å²) in [7, 11) is 0. The summed E-state index contributed by atoms with van der Waals surface area (Å²) in [6.45, 7) is 1.11. The molecule has 1 saturated carbocycles. The van der Waals surface area contributed by atoms with Crippen LogP contribution in [-0.4, -0.2) is 12.3 Å². The van der Waals surface area contributed by atoms with Crippen molar-refractivity contribution in [1.82, 2.24) is 5.43 Å². The van der Waals surface area contributed by atoms with Crippen LogP contribution < -0.4 is 5.43 Å². The molecular formula is C4H6N2. The Morgan fingerprint density at radius 3 is 3.00 bits per heavy atom. The van der Waals surface area contributed by atoms with Crippen LogP contribution in [0.25, 0.3) is 0 Å². The van der Waals surface area contributed by atoms with Crippen LogP contribution in [-0.2, 0) is 0 Å². The average Bonchev–Trinajstić information content (AvgIpc) is 2.17. The fourth-order valence-corrected chi connectivity index (χ4v) is 0.778. The largest absolute Gasteiger partial charge is 0.309 e. The summed E-state index contributed by atoms with van der Waals surface area (Å²) in [6, 6.07) is 0. The molecule has 0 aromatic heterocycles. The number of hydrogen-bond acceptors (Lipinski definition) is 2. The van der Waals surface area contributed by atoms with Crippen molar-refractivity contribution in [2.75, 3.05) is 6.54 Å². The quantitative estimate of drug-likeness (QED) is 0.436. The maximum absolute atomic E-state index is 3.98. The molecule has 0 radical (unpaired) electrons. The van der Waals surface area contributed by atoms with Crippen LogP contribution in [0.4, 0.5) is 0 Å². The molecule has 2 nitrogen and oxygen atoms in total. The van der Waals surface area contributed by atoms with Crippen LogP contribution in [0.1, 0.15) is 6.42 Å². The van der Waals surface area contributed by atoms with Gasteiger partial charge in [-0.05, 0) is 6.42 Å². The number of fused-ring (bicyclic) bond motifs is 1. The maximum Gasteiger partial charge on any atom is 0.0438 e. The second kappa shape index (κ2) is 0.600. The topological polar surface area (TPSA) is 24.4 Å². The lowest BCUT2D eigenvalue weighted by molar-refractivity contribution is 0.723. The van der Waals surface area contributed by atoms with Crippen molar-refractivity contribution in [3.8, 4) is 0 Å². The zero-order chi connectivity index (χ0) is 3.98. The van der Waals surface area contributed by atoms with Gasteiger partial charge in [0.1, 0.15) is 0 Å². The monoisotopic (exact) mass is 82.1 g/mol. The molecule has 6 heavy (non-hydrogen) atoms. The minimum absolute atomic E-state index is 0.852. The van der Waals surface area contributed by atoms with E-state index in [-0.39, 0.29) is 0 Å². The second-order valence-corrected chi connectivity index (χ2v) is 1.87. The van der Waals surface area contributed by atoms with E-state index in [1.54, 1.807) is 0 Å². The smallest absolute Gasteiger partial charge is 0.0438 e. The third-order valence-electron chi connectivity index (χ3n) is 1.33. The normalized spacial score (nSPS) is 37.3. The Hall–Kier alpha value is -0.530. The molecular weight excluding hydrogens is 76.1 g/mol. The summed E-state index contributed by atoms with van der Waals surface area (Å²) in [4.78, 5) is 0. The first-order chi connectivity index (χ1) is 2.97. The highest BCUT2D eigenvalue weighted by atomic mass is 15.3. The van der Waals surface area contributed by atoms with Crippen LogP contribution in [0.2, 0.25) is 0 Å². The summed E-state index contributed by atoms with van der Waals surface area (Å²) in [5, 5.41) is 3.98. The van der Waals surface area contributed by atoms with Gasteiger partial charge in [-0.25, -0.2) is 0 Å². The fraction of sp³-hybridized carbons (Fsp3) is 0.750. The summed E-state index contributed by atoms with van der Waals surface area (Å²) in [6.07, 6.45) is 1.27. The molecule has 2 heteroatoms. The van der Waals surface area contributed by atoms with Crippen molar-refractivity contribution < 1.29 is 0 Å². The van der Waals surface area contributed by atoms with Crippen LogP contribution in [0, 0.1) is 5.92 Å². The first kappa shape index (κ1) is 2.61. The lowest BCUT2D eigenvalue weighted by Gasteiger charge is -1.83. The number of hydrazone groups is 1. The van der Waals surface area contributed by atoms with E-state index in [9.17, 15) is 0 Å². The van der Waals surface area contributed by atoms with Gasteiger partial charge in [-0.1, -0.05) is 0 Å². The van der Waals surface area contributed by atoms with Crippen LogP contribution in [0.5, 0.6) is 0 Å². The Morgan fingerprint density at radius 2 is 2.83 bits per heavy atom. The molecule has 1 aliphatic heterocycles. The van der Waals surface area contributed by atoms with Crippen molar-refractivity contribution in [2.24, 2.45) is 11.0 Å². The summed E-state index contributed by atoms with van der Waals surface area (Å²) in [5.74, 6) is 0.852. The van der Waals surface area contributed by atoms with Crippen LogP contribution in [0.15, 0.2) is 5.10 Å². The van der Waals surface area contributed by atoms with Gasteiger partial charge in [0.05, 0.1) is 0 Å².